The van der Waals surface area contributed by atoms with E-state index < -0.39 is 6.09 Å². The van der Waals surface area contributed by atoms with Crippen LogP contribution in [0.3, 0.4) is 0 Å². The van der Waals surface area contributed by atoms with Gasteiger partial charge in [0.15, 0.2) is 11.5 Å². The van der Waals surface area contributed by atoms with E-state index in [0.29, 0.717) is 29.3 Å². The molecular formula is C35H45N5O5. The molecule has 1 aliphatic carbocycles. The molecule has 0 radical (unpaired) electrons. The summed E-state index contributed by atoms with van der Waals surface area (Å²) in [5.74, 6) is 1.05. The highest BCUT2D eigenvalue weighted by Crippen LogP contribution is 2.34. The number of carbonyl (C=O) groups is 2. The molecule has 0 unspecified atom stereocenters. The van der Waals surface area contributed by atoms with Crippen LogP contribution in [0.5, 0.6) is 11.5 Å². The predicted molar refractivity (Wildman–Crippen MR) is 177 cm³/mol. The fraction of sp³-hybridized carbons (Fsp3) is 0.429. The van der Waals surface area contributed by atoms with Gasteiger partial charge in [-0.15, -0.1) is 0 Å². The molecule has 0 atom stereocenters. The van der Waals surface area contributed by atoms with Crippen molar-refractivity contribution in [2.45, 2.75) is 44.3 Å². The lowest BCUT2D eigenvalue weighted by Crippen LogP contribution is -2.44. The number of amides is 2. The van der Waals surface area contributed by atoms with Gasteiger partial charge in [-0.1, -0.05) is 24.3 Å². The molecule has 2 amide bonds. The molecular weight excluding hydrogens is 570 g/mol. The molecule has 240 valence electrons. The third-order valence-corrected chi connectivity index (χ3v) is 8.95. The zero-order chi connectivity index (χ0) is 31.9. The number of carbonyl (C=O) groups excluding carboxylic acids is 2. The first-order valence-electron chi connectivity index (χ1n) is 15.6. The number of hydrogen-bond acceptors (Lipinski definition) is 8. The van der Waals surface area contributed by atoms with E-state index in [1.807, 2.05) is 17.0 Å². The summed E-state index contributed by atoms with van der Waals surface area (Å²) in [7, 11) is 6.64. The van der Waals surface area contributed by atoms with Crippen molar-refractivity contribution in [2.75, 3.05) is 64.8 Å². The van der Waals surface area contributed by atoms with E-state index in [1.165, 1.54) is 7.11 Å². The highest BCUT2D eigenvalue weighted by molar-refractivity contribution is 5.95. The van der Waals surface area contributed by atoms with Gasteiger partial charge in [-0.25, -0.2) is 4.79 Å². The Balaban J connectivity index is 1.44. The maximum Gasteiger partial charge on any atom is 0.411 e. The van der Waals surface area contributed by atoms with Gasteiger partial charge in [-0.05, 0) is 85.8 Å². The lowest BCUT2D eigenvalue weighted by atomic mass is 9.90. The first kappa shape index (κ1) is 32.1. The van der Waals surface area contributed by atoms with E-state index in [-0.39, 0.29) is 18.0 Å². The summed E-state index contributed by atoms with van der Waals surface area (Å²) in [5.41, 5.74) is 11.4. The molecule has 5 rings (SSSR count). The normalized spacial score (nSPS) is 18.6. The summed E-state index contributed by atoms with van der Waals surface area (Å²) in [6, 6.07) is 20.0. The standard InChI is InChI=1S/C35H45N5O5/c1-38-16-18-39(19-17-38)31-14-8-26(21-30(31)37-35(42)45-4)25-7-5-6-24(20-25)23-40(29-12-10-28(36)11-13-29)34(41)27-9-15-32(43-2)33(22-27)44-3/h5-9,14-15,20-22,28-29H,10-13,16-19,23,36H2,1-4H3,(H,37,42). The summed E-state index contributed by atoms with van der Waals surface area (Å²) in [5, 5.41) is 2.92. The Morgan fingerprint density at radius 3 is 2.27 bits per heavy atom. The molecule has 1 heterocycles. The first-order valence-corrected chi connectivity index (χ1v) is 15.6. The van der Waals surface area contributed by atoms with Crippen LogP contribution in [0.15, 0.2) is 60.7 Å². The molecule has 1 saturated heterocycles. The van der Waals surface area contributed by atoms with E-state index in [4.69, 9.17) is 19.9 Å². The van der Waals surface area contributed by atoms with Gasteiger partial charge >= 0.3 is 6.09 Å². The summed E-state index contributed by atoms with van der Waals surface area (Å²) >= 11 is 0. The lowest BCUT2D eigenvalue weighted by molar-refractivity contribution is 0.0606. The molecule has 10 heteroatoms. The zero-order valence-corrected chi connectivity index (χ0v) is 26.8. The second-order valence-corrected chi connectivity index (χ2v) is 11.9. The quantitative estimate of drug-likeness (QED) is 0.338. The fourth-order valence-electron chi connectivity index (χ4n) is 6.26. The van der Waals surface area contributed by atoms with Gasteiger partial charge in [0.1, 0.15) is 0 Å². The Hall–Kier alpha value is -4.28. The molecule has 2 fully saturated rings. The number of methoxy groups -OCH3 is 3. The number of rotatable bonds is 9. The molecule has 3 aromatic carbocycles. The summed E-state index contributed by atoms with van der Waals surface area (Å²) < 4.78 is 15.8. The topological polar surface area (TPSA) is 110 Å². The largest absolute Gasteiger partial charge is 0.493 e. The Morgan fingerprint density at radius 2 is 1.58 bits per heavy atom. The minimum Gasteiger partial charge on any atom is -0.493 e. The maximum atomic E-state index is 14.1. The molecule has 3 aromatic rings. The Bertz CT molecular complexity index is 1480. The summed E-state index contributed by atoms with van der Waals surface area (Å²) in [4.78, 5) is 32.9. The van der Waals surface area contributed by atoms with Crippen molar-refractivity contribution in [3.63, 3.8) is 0 Å². The average molecular weight is 616 g/mol. The van der Waals surface area contributed by atoms with Gasteiger partial charge in [-0.2, -0.15) is 0 Å². The van der Waals surface area contributed by atoms with Crippen LogP contribution in [0.2, 0.25) is 0 Å². The first-order chi connectivity index (χ1) is 21.8. The average Bonchev–Trinajstić information content (AvgIpc) is 3.07. The van der Waals surface area contributed by atoms with Gasteiger partial charge in [0, 0.05) is 50.4 Å². The number of nitrogens with two attached hydrogens (primary N) is 1. The van der Waals surface area contributed by atoms with Crippen LogP contribution in [0, 0.1) is 0 Å². The van der Waals surface area contributed by atoms with Crippen LogP contribution in [-0.4, -0.2) is 88.4 Å². The number of nitrogens with zero attached hydrogens (tertiary/aromatic N) is 3. The van der Waals surface area contributed by atoms with Crippen molar-refractivity contribution in [2.24, 2.45) is 5.73 Å². The molecule has 10 nitrogen and oxygen atoms in total. The van der Waals surface area contributed by atoms with Crippen LogP contribution >= 0.6 is 0 Å². The van der Waals surface area contributed by atoms with E-state index >= 15 is 0 Å². The third-order valence-electron chi connectivity index (χ3n) is 8.95. The molecule has 1 aliphatic heterocycles. The van der Waals surface area contributed by atoms with Crippen molar-refractivity contribution in [3.05, 3.63) is 71.8 Å². The lowest BCUT2D eigenvalue weighted by Gasteiger charge is -2.36. The number of likely N-dealkylation sites (N-methyl/N-ethyl adjacent to an activating group) is 1. The van der Waals surface area contributed by atoms with Gasteiger partial charge in [0.25, 0.3) is 5.91 Å². The van der Waals surface area contributed by atoms with Crippen LogP contribution in [-0.2, 0) is 11.3 Å². The summed E-state index contributed by atoms with van der Waals surface area (Å²) in [6.45, 7) is 4.10. The molecule has 1 saturated carbocycles. The Morgan fingerprint density at radius 1 is 0.867 bits per heavy atom. The molecule has 0 aromatic heterocycles. The predicted octanol–water partition coefficient (Wildman–Crippen LogP) is 5.21. The monoisotopic (exact) mass is 615 g/mol. The Kier molecular flexibility index (Phi) is 10.5. The molecule has 2 aliphatic rings. The van der Waals surface area contributed by atoms with E-state index in [9.17, 15) is 9.59 Å². The van der Waals surface area contributed by atoms with Crippen molar-refractivity contribution in [3.8, 4) is 22.6 Å². The van der Waals surface area contributed by atoms with Gasteiger partial charge in [0.2, 0.25) is 0 Å². The number of benzene rings is 3. The van der Waals surface area contributed by atoms with Crippen LogP contribution in [0.1, 0.15) is 41.6 Å². The number of hydrogen-bond donors (Lipinski definition) is 2. The highest BCUT2D eigenvalue weighted by Gasteiger charge is 2.29. The number of ether oxygens (including phenoxy) is 3. The van der Waals surface area contributed by atoms with E-state index in [2.05, 4.69) is 52.5 Å². The maximum absolute atomic E-state index is 14.1. The summed E-state index contributed by atoms with van der Waals surface area (Å²) in [6.07, 6.45) is 2.98. The molecule has 45 heavy (non-hydrogen) atoms. The van der Waals surface area contributed by atoms with Gasteiger partial charge < -0.3 is 34.6 Å². The van der Waals surface area contributed by atoms with E-state index in [1.54, 1.807) is 32.4 Å². The smallest absolute Gasteiger partial charge is 0.411 e. The van der Waals surface area contributed by atoms with Gasteiger partial charge in [0.05, 0.1) is 32.7 Å². The van der Waals surface area contributed by atoms with Crippen LogP contribution in [0.25, 0.3) is 11.1 Å². The molecule has 0 bridgehead atoms. The molecule has 0 spiro atoms. The molecule has 3 N–H and O–H groups in total. The fourth-order valence-corrected chi connectivity index (χ4v) is 6.26. The van der Waals surface area contributed by atoms with Crippen molar-refractivity contribution < 1.29 is 23.8 Å². The third kappa shape index (κ3) is 7.69. The second-order valence-electron chi connectivity index (χ2n) is 11.9. The minimum absolute atomic E-state index is 0.0529. The van der Waals surface area contributed by atoms with Crippen molar-refractivity contribution >= 4 is 23.4 Å². The van der Waals surface area contributed by atoms with E-state index in [0.717, 1.165) is 74.2 Å². The number of nitrogens with one attached hydrogen (secondary N) is 1. The van der Waals surface area contributed by atoms with Crippen LogP contribution in [0.4, 0.5) is 16.2 Å². The Labute approximate surface area is 266 Å². The minimum atomic E-state index is -0.507. The van der Waals surface area contributed by atoms with Crippen LogP contribution < -0.4 is 25.4 Å². The van der Waals surface area contributed by atoms with Gasteiger partial charge in [-0.3, -0.25) is 10.1 Å². The highest BCUT2D eigenvalue weighted by atomic mass is 16.5. The number of piperazine rings is 1. The van der Waals surface area contributed by atoms with Crippen molar-refractivity contribution in [1.29, 1.82) is 0 Å². The second kappa shape index (κ2) is 14.7. The SMILES string of the molecule is COC(=O)Nc1cc(-c2cccc(CN(C(=O)c3ccc(OC)c(OC)c3)C3CCC(N)CC3)c2)ccc1N1CCN(C)CC1. The van der Waals surface area contributed by atoms with Crippen molar-refractivity contribution in [1.82, 2.24) is 9.80 Å². The number of anilines is 2. The zero-order valence-electron chi connectivity index (χ0n) is 26.8.